The van der Waals surface area contributed by atoms with Gasteiger partial charge in [-0.25, -0.2) is 0 Å². The minimum atomic E-state index is -1.16. The topological polar surface area (TPSA) is 155 Å². The quantitative estimate of drug-likeness (QED) is 0.0869. The smallest absolute Gasteiger partial charge is 0.307 e. The number of esters is 4. The van der Waals surface area contributed by atoms with E-state index in [2.05, 4.69) is 11.0 Å². The van der Waals surface area contributed by atoms with Crippen LogP contribution in [0.4, 0.5) is 0 Å². The largest absolute Gasteiger partial charge is 0.493 e. The number of nitrogens with zero attached hydrogens (tertiary/aromatic N) is 1. The van der Waals surface area contributed by atoms with Crippen molar-refractivity contribution >= 4 is 23.9 Å². The highest BCUT2D eigenvalue weighted by molar-refractivity contribution is 5.80. The number of ether oxygens (including phenoxy) is 9. The molecule has 14 nitrogen and oxygen atoms in total. The zero-order chi connectivity index (χ0) is 54.1. The molecule has 0 aliphatic carbocycles. The molecule has 0 aromatic heterocycles. The molecule has 8 bridgehead atoms. The van der Waals surface area contributed by atoms with Crippen molar-refractivity contribution in [2.45, 2.75) is 138 Å². The lowest BCUT2D eigenvalue weighted by molar-refractivity contribution is -0.149. The fraction of sp³-hybridized carbons (Fsp3) is 0.541. The Kier molecular flexibility index (Phi) is 21.4. The van der Waals surface area contributed by atoms with Gasteiger partial charge in [-0.1, -0.05) is 42.5 Å². The summed E-state index contributed by atoms with van der Waals surface area (Å²) in [5, 5.41) is 0. The highest BCUT2D eigenvalue weighted by Gasteiger charge is 2.43. The molecule has 0 unspecified atom stereocenters. The predicted molar refractivity (Wildman–Crippen MR) is 287 cm³/mol. The van der Waals surface area contributed by atoms with Gasteiger partial charge in [-0.3, -0.25) is 24.1 Å². The lowest BCUT2D eigenvalue weighted by Gasteiger charge is -2.36. The Morgan fingerprint density at radius 2 is 0.787 bits per heavy atom. The third kappa shape index (κ3) is 14.8. The second-order valence-electron chi connectivity index (χ2n) is 19.9. The van der Waals surface area contributed by atoms with Crippen molar-refractivity contribution in [3.8, 4) is 23.0 Å². The van der Waals surface area contributed by atoms with E-state index in [0.717, 1.165) is 91.5 Å². The summed E-state index contributed by atoms with van der Waals surface area (Å²) >= 11 is 0. The molecule has 1 fully saturated rings. The number of benzene rings is 4. The molecule has 12 rings (SSSR count). The Morgan fingerprint density at radius 3 is 1.19 bits per heavy atom. The van der Waals surface area contributed by atoms with Gasteiger partial charge < -0.3 is 42.6 Å². The SMILES string of the molecule is CCOC(=O)CC1(CC(=O)OCC)c2cc(C)c(c(C)c2)OCCCCOc2ccc(cc2C)C(CC(=O)OCC)(CC(=O)OCC)c2cc(C)c(c(CN3CCOCC3)c2)OCCCCOc2c(C)cc1cc2C. The van der Waals surface area contributed by atoms with E-state index in [-0.39, 0.29) is 52.1 Å². The van der Waals surface area contributed by atoms with Crippen LogP contribution >= 0.6 is 0 Å². The van der Waals surface area contributed by atoms with Gasteiger partial charge in [-0.2, -0.15) is 0 Å². The Hall–Kier alpha value is -6.12. The van der Waals surface area contributed by atoms with Gasteiger partial charge in [0.25, 0.3) is 0 Å². The summed E-state index contributed by atoms with van der Waals surface area (Å²) in [7, 11) is 0. The van der Waals surface area contributed by atoms with Gasteiger partial charge in [0.15, 0.2) is 0 Å². The van der Waals surface area contributed by atoms with Crippen LogP contribution < -0.4 is 18.9 Å². The maximum Gasteiger partial charge on any atom is 0.307 e. The molecule has 0 radical (unpaired) electrons. The summed E-state index contributed by atoms with van der Waals surface area (Å²) in [5.74, 6) is 1.23. The van der Waals surface area contributed by atoms with E-state index in [1.165, 1.54) is 0 Å². The summed E-state index contributed by atoms with van der Waals surface area (Å²) in [6, 6.07) is 18.1. The molecule has 408 valence electrons. The highest BCUT2D eigenvalue weighted by atomic mass is 16.5. The highest BCUT2D eigenvalue weighted by Crippen LogP contribution is 2.46. The van der Waals surface area contributed by atoms with Crippen LogP contribution in [0.2, 0.25) is 0 Å². The number of carbonyl (C=O) groups is 4. The Balaban J connectivity index is 1.43. The maximum atomic E-state index is 13.8. The van der Waals surface area contributed by atoms with E-state index in [4.69, 9.17) is 42.6 Å². The van der Waals surface area contributed by atoms with Crippen molar-refractivity contribution in [3.63, 3.8) is 0 Å². The molecule has 0 spiro atoms. The van der Waals surface area contributed by atoms with Crippen LogP contribution in [0.25, 0.3) is 0 Å². The molecule has 0 saturated carbocycles. The summed E-state index contributed by atoms with van der Waals surface area (Å²) in [6.45, 7) is 24.8. The molecular weight excluding hydrogens is 955 g/mol. The van der Waals surface area contributed by atoms with Crippen molar-refractivity contribution in [2.24, 2.45) is 0 Å². The summed E-state index contributed by atoms with van der Waals surface area (Å²) in [4.78, 5) is 57.3. The zero-order valence-corrected chi connectivity index (χ0v) is 46.3. The van der Waals surface area contributed by atoms with Gasteiger partial charge in [0.1, 0.15) is 23.0 Å². The maximum absolute atomic E-state index is 13.8. The minimum absolute atomic E-state index is 0.0849. The van der Waals surface area contributed by atoms with E-state index in [0.29, 0.717) is 77.6 Å². The number of hydrogen-bond acceptors (Lipinski definition) is 14. The first-order valence-corrected chi connectivity index (χ1v) is 27.0. The van der Waals surface area contributed by atoms with E-state index in [1.807, 2.05) is 90.1 Å². The molecular formula is C61H81NO13. The van der Waals surface area contributed by atoms with Gasteiger partial charge in [0, 0.05) is 36.0 Å². The van der Waals surface area contributed by atoms with Crippen LogP contribution in [0.5, 0.6) is 23.0 Å². The molecule has 75 heavy (non-hydrogen) atoms. The van der Waals surface area contributed by atoms with Gasteiger partial charge >= 0.3 is 23.9 Å². The molecule has 0 amide bonds. The van der Waals surface area contributed by atoms with Crippen molar-refractivity contribution < 1.29 is 61.8 Å². The van der Waals surface area contributed by atoms with Crippen LogP contribution in [-0.2, 0) is 60.2 Å². The number of aryl methyl sites for hydroxylation is 6. The van der Waals surface area contributed by atoms with Crippen LogP contribution in [0.15, 0.2) is 54.6 Å². The molecule has 8 heterocycles. The molecule has 1 saturated heterocycles. The Bertz CT molecular complexity index is 2510. The summed E-state index contributed by atoms with van der Waals surface area (Å²) < 4.78 is 54.3. The number of carbonyl (C=O) groups excluding carboxylic acids is 4. The molecule has 0 N–H and O–H groups in total. The van der Waals surface area contributed by atoms with Crippen molar-refractivity contribution in [2.75, 3.05) is 79.2 Å². The van der Waals surface area contributed by atoms with Crippen molar-refractivity contribution in [1.82, 2.24) is 4.90 Å². The first kappa shape index (κ1) is 58.1. The van der Waals surface area contributed by atoms with Crippen molar-refractivity contribution in [3.05, 3.63) is 116 Å². The van der Waals surface area contributed by atoms with E-state index in [1.54, 1.807) is 27.7 Å². The normalized spacial score (nSPS) is 16.2. The molecule has 8 aliphatic heterocycles. The van der Waals surface area contributed by atoms with Gasteiger partial charge in [-0.15, -0.1) is 0 Å². The molecule has 4 aromatic carbocycles. The third-order valence-corrected chi connectivity index (χ3v) is 14.2. The van der Waals surface area contributed by atoms with Crippen LogP contribution in [0.3, 0.4) is 0 Å². The molecule has 8 aliphatic rings. The standard InChI is InChI=1S/C61H81NO13/c1-11-68-53(63)36-60(37-54(64)69-12-2)48-19-20-52(41(5)29-48)72-23-15-16-24-73-57-42(6)30-49(31-43(57)7)61(38-55(65)70-13-3,39-56(66)71-14-4)50-32-44(8)58(45(9)33-50)74-25-17-18-26-75-59-46(10)34-51(60)35-47(59)40-62-21-27-67-28-22-62/h19-20,29-35H,11-18,21-28,36-40H2,1-10H3. The van der Waals surface area contributed by atoms with Crippen molar-refractivity contribution in [1.29, 1.82) is 0 Å². The third-order valence-electron chi connectivity index (χ3n) is 14.2. The first-order valence-electron chi connectivity index (χ1n) is 27.0. The van der Waals surface area contributed by atoms with Gasteiger partial charge in [-0.05, 0) is 163 Å². The monoisotopic (exact) mass is 1040 g/mol. The van der Waals surface area contributed by atoms with E-state index >= 15 is 0 Å². The fourth-order valence-corrected chi connectivity index (χ4v) is 10.7. The molecule has 14 heteroatoms. The number of morpholine rings is 1. The van der Waals surface area contributed by atoms with Gasteiger partial charge in [0.05, 0.1) is 91.8 Å². The molecule has 0 atom stereocenters. The molecule has 4 aromatic rings. The average molecular weight is 1040 g/mol. The van der Waals surface area contributed by atoms with Crippen LogP contribution in [-0.4, -0.2) is 108 Å². The lowest BCUT2D eigenvalue weighted by atomic mass is 9.68. The second kappa shape index (κ2) is 27.6. The summed E-state index contributed by atoms with van der Waals surface area (Å²) in [5.41, 5.74) is 6.96. The Morgan fingerprint density at radius 1 is 0.440 bits per heavy atom. The van der Waals surface area contributed by atoms with E-state index < -0.39 is 34.7 Å². The van der Waals surface area contributed by atoms with E-state index in [9.17, 15) is 19.2 Å². The second-order valence-corrected chi connectivity index (χ2v) is 19.9. The van der Waals surface area contributed by atoms with Crippen LogP contribution in [0, 0.1) is 41.5 Å². The lowest BCUT2D eigenvalue weighted by Crippen LogP contribution is -2.37. The zero-order valence-electron chi connectivity index (χ0n) is 46.3. The average Bonchev–Trinajstić information content (AvgIpc) is 3.35. The Labute approximate surface area is 445 Å². The van der Waals surface area contributed by atoms with Gasteiger partial charge in [0.2, 0.25) is 0 Å². The number of hydrogen-bond donors (Lipinski definition) is 0. The van der Waals surface area contributed by atoms with Crippen LogP contribution in [0.1, 0.15) is 140 Å². The first-order chi connectivity index (χ1) is 36.1. The minimum Gasteiger partial charge on any atom is -0.493 e. The fourth-order valence-electron chi connectivity index (χ4n) is 10.7. The summed E-state index contributed by atoms with van der Waals surface area (Å²) in [6.07, 6.45) is 2.43. The number of rotatable bonds is 14. The predicted octanol–water partition coefficient (Wildman–Crippen LogP) is 10.5.